The van der Waals surface area contributed by atoms with E-state index in [9.17, 15) is 9.90 Å². The molecule has 1 unspecified atom stereocenters. The number of aliphatic hydroxyl groups is 1. The van der Waals surface area contributed by atoms with Crippen LogP contribution >= 0.6 is 0 Å². The first kappa shape index (κ1) is 17.7. The van der Waals surface area contributed by atoms with Gasteiger partial charge in [0.2, 0.25) is 0 Å². The largest absolute Gasteiger partial charge is 0.391 e. The Morgan fingerprint density at radius 1 is 1.28 bits per heavy atom. The van der Waals surface area contributed by atoms with E-state index < -0.39 is 6.10 Å². The van der Waals surface area contributed by atoms with Crippen LogP contribution in [0.3, 0.4) is 0 Å². The van der Waals surface area contributed by atoms with E-state index in [4.69, 9.17) is 0 Å². The fourth-order valence-electron chi connectivity index (χ4n) is 3.83. The Labute approximate surface area is 149 Å². The molecule has 2 aromatic rings. The number of piperidine rings is 1. The average molecular weight is 341 g/mol. The summed E-state index contributed by atoms with van der Waals surface area (Å²) in [7, 11) is 0. The molecule has 134 valence electrons. The monoisotopic (exact) mass is 341 g/mol. The van der Waals surface area contributed by atoms with Crippen LogP contribution in [-0.2, 0) is 6.54 Å². The van der Waals surface area contributed by atoms with E-state index >= 15 is 0 Å². The lowest BCUT2D eigenvalue weighted by atomic mass is 9.82. The number of amides is 1. The van der Waals surface area contributed by atoms with Gasteiger partial charge in [0.15, 0.2) is 0 Å². The van der Waals surface area contributed by atoms with E-state index in [1.807, 2.05) is 36.7 Å². The highest BCUT2D eigenvalue weighted by Gasteiger charge is 2.35. The van der Waals surface area contributed by atoms with Crippen molar-refractivity contribution in [2.24, 2.45) is 5.41 Å². The van der Waals surface area contributed by atoms with Crippen molar-refractivity contribution < 1.29 is 9.90 Å². The van der Waals surface area contributed by atoms with Gasteiger partial charge in [-0.2, -0.15) is 5.10 Å². The van der Waals surface area contributed by atoms with E-state index in [-0.39, 0.29) is 11.3 Å². The Morgan fingerprint density at radius 2 is 1.96 bits per heavy atom. The number of nitrogens with zero attached hydrogens (tertiary/aromatic N) is 3. The van der Waals surface area contributed by atoms with Gasteiger partial charge in [0, 0.05) is 18.8 Å². The zero-order valence-corrected chi connectivity index (χ0v) is 15.5. The van der Waals surface area contributed by atoms with Crippen molar-refractivity contribution in [1.29, 1.82) is 0 Å². The van der Waals surface area contributed by atoms with E-state index in [0.717, 1.165) is 23.4 Å². The second-order valence-corrected chi connectivity index (χ2v) is 7.90. The van der Waals surface area contributed by atoms with Crippen molar-refractivity contribution in [3.8, 4) is 0 Å². The molecule has 1 fully saturated rings. The van der Waals surface area contributed by atoms with Crippen molar-refractivity contribution in [3.63, 3.8) is 0 Å². The third kappa shape index (κ3) is 3.76. The van der Waals surface area contributed by atoms with E-state index in [0.29, 0.717) is 25.2 Å². The Bertz CT molecular complexity index is 765. The van der Waals surface area contributed by atoms with Gasteiger partial charge >= 0.3 is 0 Å². The molecule has 1 aromatic carbocycles. The predicted molar refractivity (Wildman–Crippen MR) is 97.6 cm³/mol. The minimum Gasteiger partial charge on any atom is -0.391 e. The number of hydrogen-bond acceptors (Lipinski definition) is 3. The number of benzene rings is 1. The Hall–Kier alpha value is -2.14. The zero-order valence-electron chi connectivity index (χ0n) is 15.5. The van der Waals surface area contributed by atoms with Gasteiger partial charge in [0.05, 0.1) is 23.9 Å². The Morgan fingerprint density at radius 3 is 2.60 bits per heavy atom. The third-order valence-electron chi connectivity index (χ3n) is 4.90. The van der Waals surface area contributed by atoms with Crippen LogP contribution in [-0.4, -0.2) is 44.9 Å². The molecule has 5 nitrogen and oxygen atoms in total. The molecule has 1 atom stereocenters. The average Bonchev–Trinajstić information content (AvgIpc) is 2.80. The predicted octanol–water partition coefficient (Wildman–Crippen LogP) is 2.78. The first-order chi connectivity index (χ1) is 11.8. The molecule has 0 saturated carbocycles. The maximum atomic E-state index is 13.1. The molecule has 0 radical (unpaired) electrons. The normalized spacial score (nSPS) is 19.9. The standard InChI is InChI=1S/C20H27N3O2/c1-14-18(19(25)22-12-17(24)10-20(3,4)13-22)15(2)23(21-14)11-16-8-6-5-7-9-16/h5-9,17,24H,10-13H2,1-4H3. The van der Waals surface area contributed by atoms with E-state index in [2.05, 4.69) is 31.1 Å². The number of carbonyl (C=O) groups excluding carboxylic acids is 1. The molecule has 0 bridgehead atoms. The molecule has 3 rings (SSSR count). The maximum Gasteiger partial charge on any atom is 0.257 e. The number of aliphatic hydroxyl groups excluding tert-OH is 1. The maximum absolute atomic E-state index is 13.1. The molecule has 25 heavy (non-hydrogen) atoms. The van der Waals surface area contributed by atoms with Gasteiger partial charge in [0.25, 0.3) is 5.91 Å². The molecule has 1 N–H and O–H groups in total. The molecule has 0 aliphatic carbocycles. The number of β-amino-alcohol motifs (C(OH)–C–C–N with tert-alkyl or cyclic N) is 1. The lowest BCUT2D eigenvalue weighted by Gasteiger charge is -2.40. The molecule has 1 amide bonds. The van der Waals surface area contributed by atoms with Crippen LogP contribution in [0.25, 0.3) is 0 Å². The van der Waals surface area contributed by atoms with E-state index in [1.54, 1.807) is 4.90 Å². The first-order valence-electron chi connectivity index (χ1n) is 8.82. The summed E-state index contributed by atoms with van der Waals surface area (Å²) in [6, 6.07) is 10.1. The second-order valence-electron chi connectivity index (χ2n) is 7.90. The highest BCUT2D eigenvalue weighted by atomic mass is 16.3. The highest BCUT2D eigenvalue weighted by molar-refractivity contribution is 5.96. The smallest absolute Gasteiger partial charge is 0.257 e. The number of likely N-dealkylation sites (tertiary alicyclic amines) is 1. The number of rotatable bonds is 3. The van der Waals surface area contributed by atoms with Crippen molar-refractivity contribution in [1.82, 2.24) is 14.7 Å². The molecule has 1 saturated heterocycles. The summed E-state index contributed by atoms with van der Waals surface area (Å²) in [4.78, 5) is 14.9. The van der Waals surface area contributed by atoms with Gasteiger partial charge in [-0.1, -0.05) is 44.2 Å². The van der Waals surface area contributed by atoms with Crippen LogP contribution < -0.4 is 0 Å². The summed E-state index contributed by atoms with van der Waals surface area (Å²) < 4.78 is 1.89. The summed E-state index contributed by atoms with van der Waals surface area (Å²) in [6.07, 6.45) is 0.259. The molecular formula is C20H27N3O2. The van der Waals surface area contributed by atoms with Crippen molar-refractivity contribution >= 4 is 5.91 Å². The topological polar surface area (TPSA) is 58.4 Å². The van der Waals surface area contributed by atoms with Crippen LogP contribution in [0.4, 0.5) is 0 Å². The summed E-state index contributed by atoms with van der Waals surface area (Å²) in [5.41, 5.74) is 3.37. The van der Waals surface area contributed by atoms with Crippen molar-refractivity contribution in [2.75, 3.05) is 13.1 Å². The molecular weight excluding hydrogens is 314 g/mol. The lowest BCUT2D eigenvalue weighted by molar-refractivity contribution is 0.00798. The molecule has 2 heterocycles. The zero-order chi connectivity index (χ0) is 18.2. The number of carbonyl (C=O) groups is 1. The van der Waals surface area contributed by atoms with Crippen LogP contribution in [0.1, 0.15) is 47.6 Å². The fraction of sp³-hybridized carbons (Fsp3) is 0.500. The fourth-order valence-corrected chi connectivity index (χ4v) is 3.83. The van der Waals surface area contributed by atoms with Crippen molar-refractivity contribution in [3.05, 3.63) is 52.8 Å². The van der Waals surface area contributed by atoms with Gasteiger partial charge in [-0.05, 0) is 31.2 Å². The van der Waals surface area contributed by atoms with Crippen LogP contribution in [0.2, 0.25) is 0 Å². The molecule has 1 aliphatic rings. The number of aryl methyl sites for hydroxylation is 1. The Balaban J connectivity index is 1.86. The SMILES string of the molecule is Cc1nn(Cc2ccccc2)c(C)c1C(=O)N1CC(O)CC(C)(C)C1. The third-order valence-corrected chi connectivity index (χ3v) is 4.90. The van der Waals surface area contributed by atoms with Gasteiger partial charge in [-0.3, -0.25) is 9.48 Å². The van der Waals surface area contributed by atoms with Gasteiger partial charge in [0.1, 0.15) is 0 Å². The quantitative estimate of drug-likeness (QED) is 0.934. The second kappa shape index (κ2) is 6.64. The summed E-state index contributed by atoms with van der Waals surface area (Å²) in [6.45, 7) is 9.71. The minimum atomic E-state index is -0.465. The summed E-state index contributed by atoms with van der Waals surface area (Å²) in [5.74, 6) is -0.0267. The van der Waals surface area contributed by atoms with Gasteiger partial charge < -0.3 is 10.0 Å². The summed E-state index contributed by atoms with van der Waals surface area (Å²) in [5, 5.41) is 14.7. The number of hydrogen-bond donors (Lipinski definition) is 1. The lowest BCUT2D eigenvalue weighted by Crippen LogP contribution is -2.49. The molecule has 5 heteroatoms. The molecule has 1 aromatic heterocycles. The van der Waals surface area contributed by atoms with Crippen LogP contribution in [0.15, 0.2) is 30.3 Å². The highest BCUT2D eigenvalue weighted by Crippen LogP contribution is 2.30. The molecule has 1 aliphatic heterocycles. The number of aromatic nitrogens is 2. The molecule has 0 spiro atoms. The van der Waals surface area contributed by atoms with Crippen molar-refractivity contribution in [2.45, 2.75) is 46.8 Å². The van der Waals surface area contributed by atoms with Gasteiger partial charge in [-0.25, -0.2) is 0 Å². The van der Waals surface area contributed by atoms with Crippen LogP contribution in [0.5, 0.6) is 0 Å². The van der Waals surface area contributed by atoms with Gasteiger partial charge in [-0.15, -0.1) is 0 Å². The van der Waals surface area contributed by atoms with Crippen LogP contribution in [0, 0.1) is 19.3 Å². The summed E-state index contributed by atoms with van der Waals surface area (Å²) >= 11 is 0. The minimum absolute atomic E-state index is 0.0267. The first-order valence-corrected chi connectivity index (χ1v) is 8.82. The van der Waals surface area contributed by atoms with E-state index in [1.165, 1.54) is 0 Å². The Kier molecular flexibility index (Phi) is 4.69.